The van der Waals surface area contributed by atoms with Crippen LogP contribution in [0.4, 0.5) is 0 Å². The number of ether oxygens (including phenoxy) is 1. The Kier molecular flexibility index (Phi) is 4.90. The molecule has 0 bridgehead atoms. The first kappa shape index (κ1) is 17.2. The van der Waals surface area contributed by atoms with Crippen LogP contribution in [0, 0.1) is 0 Å². The molecule has 0 heterocycles. The highest BCUT2D eigenvalue weighted by molar-refractivity contribution is 5.87. The Balaban J connectivity index is 2.00. The molecular weight excluding hydrogens is 308 g/mol. The fraction of sp³-hybridized carbons (Fsp3) is 0.400. The summed E-state index contributed by atoms with van der Waals surface area (Å²) in [5.41, 5.74) is 0.417. The molecule has 1 aromatic carbocycles. The second-order valence-electron chi connectivity index (χ2n) is 5.51. The lowest BCUT2D eigenvalue weighted by Crippen LogP contribution is -2.53. The number of hydrogen-bond donors (Lipinski definition) is 6. The maximum Gasteiger partial charge on any atom is 0.331 e. The van der Waals surface area contributed by atoms with Gasteiger partial charge in [-0.05, 0) is 23.8 Å². The number of aromatic hydroxyl groups is 2. The number of phenols is 2. The van der Waals surface area contributed by atoms with Gasteiger partial charge in [-0.1, -0.05) is 6.07 Å². The molecule has 1 aliphatic rings. The number of rotatable bonds is 3. The summed E-state index contributed by atoms with van der Waals surface area (Å²) in [5.74, 6) is -3.75. The van der Waals surface area contributed by atoms with Crippen molar-refractivity contribution < 1.29 is 40.2 Å². The Labute approximate surface area is 131 Å². The summed E-state index contributed by atoms with van der Waals surface area (Å²) in [5, 5.41) is 56.8. The summed E-state index contributed by atoms with van der Waals surface area (Å²) in [7, 11) is 0. The maximum atomic E-state index is 11.7. The second kappa shape index (κ2) is 6.55. The molecule has 0 saturated heterocycles. The van der Waals surface area contributed by atoms with E-state index in [9.17, 15) is 35.4 Å². The van der Waals surface area contributed by atoms with Crippen LogP contribution in [0.25, 0.3) is 6.08 Å². The average Bonchev–Trinajstić information content (AvgIpc) is 2.45. The van der Waals surface area contributed by atoms with Crippen molar-refractivity contribution in [3.63, 3.8) is 0 Å². The Morgan fingerprint density at radius 3 is 2.52 bits per heavy atom. The van der Waals surface area contributed by atoms with Crippen molar-refractivity contribution in [2.24, 2.45) is 0 Å². The van der Waals surface area contributed by atoms with E-state index in [-0.39, 0.29) is 11.5 Å². The van der Waals surface area contributed by atoms with E-state index in [1.807, 2.05) is 0 Å². The van der Waals surface area contributed by atoms with Crippen molar-refractivity contribution in [3.8, 4) is 11.5 Å². The van der Waals surface area contributed by atoms with Crippen molar-refractivity contribution in [1.29, 1.82) is 0 Å². The normalized spacial score (nSPS) is 27.0. The number of aliphatic hydroxyl groups excluding tert-OH is 2. The van der Waals surface area contributed by atoms with E-state index in [1.54, 1.807) is 0 Å². The predicted octanol–water partition coefficient (Wildman–Crippen LogP) is -0.781. The van der Waals surface area contributed by atoms with Gasteiger partial charge in [0.05, 0.1) is 6.10 Å². The molecule has 6 N–H and O–H groups in total. The molecule has 1 saturated carbocycles. The molecule has 0 aliphatic heterocycles. The Morgan fingerprint density at radius 2 is 1.87 bits per heavy atom. The number of hydrogen-bond acceptors (Lipinski definition) is 8. The summed E-state index contributed by atoms with van der Waals surface area (Å²) in [6, 6.07) is 3.92. The molecule has 0 radical (unpaired) electrons. The van der Waals surface area contributed by atoms with Crippen LogP contribution in [0.2, 0.25) is 0 Å². The van der Waals surface area contributed by atoms with Crippen LogP contribution in [0.5, 0.6) is 11.5 Å². The topological polar surface area (TPSA) is 148 Å². The number of esters is 1. The van der Waals surface area contributed by atoms with E-state index in [2.05, 4.69) is 0 Å². The third-order valence-electron chi connectivity index (χ3n) is 3.52. The highest BCUT2D eigenvalue weighted by Gasteiger charge is 2.44. The molecule has 1 fully saturated rings. The molecule has 0 amide bonds. The fourth-order valence-electron chi connectivity index (χ4n) is 2.34. The van der Waals surface area contributed by atoms with Crippen LogP contribution in [0.15, 0.2) is 24.3 Å². The SMILES string of the molecule is O=C(C=Cc1ccc(O)c(O)c1)OC1CC(O)(O)CC(O)[C@H]1O. The van der Waals surface area contributed by atoms with Gasteiger partial charge >= 0.3 is 5.97 Å². The minimum atomic E-state index is -2.23. The zero-order valence-electron chi connectivity index (χ0n) is 12.0. The lowest BCUT2D eigenvalue weighted by atomic mass is 9.87. The molecule has 126 valence electrons. The van der Waals surface area contributed by atoms with Gasteiger partial charge < -0.3 is 35.4 Å². The van der Waals surface area contributed by atoms with Crippen molar-refractivity contribution in [2.75, 3.05) is 0 Å². The molecular formula is C15H18O8. The van der Waals surface area contributed by atoms with E-state index >= 15 is 0 Å². The molecule has 3 atom stereocenters. The number of carbonyl (C=O) groups is 1. The van der Waals surface area contributed by atoms with Crippen molar-refractivity contribution in [2.45, 2.75) is 36.9 Å². The van der Waals surface area contributed by atoms with E-state index in [0.717, 1.165) is 6.08 Å². The lowest BCUT2D eigenvalue weighted by molar-refractivity contribution is -0.248. The van der Waals surface area contributed by atoms with Crippen LogP contribution in [-0.2, 0) is 9.53 Å². The predicted molar refractivity (Wildman–Crippen MR) is 77.1 cm³/mol. The van der Waals surface area contributed by atoms with Gasteiger partial charge in [-0.15, -0.1) is 0 Å². The molecule has 2 unspecified atom stereocenters. The van der Waals surface area contributed by atoms with Crippen LogP contribution in [0.3, 0.4) is 0 Å². The first-order valence-electron chi connectivity index (χ1n) is 6.89. The average molecular weight is 326 g/mol. The van der Waals surface area contributed by atoms with Crippen molar-refractivity contribution in [3.05, 3.63) is 29.8 Å². The minimum absolute atomic E-state index is 0.300. The van der Waals surface area contributed by atoms with Gasteiger partial charge in [-0.2, -0.15) is 0 Å². The Bertz CT molecular complexity index is 609. The minimum Gasteiger partial charge on any atom is -0.504 e. The Morgan fingerprint density at radius 1 is 1.17 bits per heavy atom. The van der Waals surface area contributed by atoms with Gasteiger partial charge in [0.2, 0.25) is 0 Å². The molecule has 0 spiro atoms. The number of benzene rings is 1. The molecule has 1 aromatic rings. The lowest BCUT2D eigenvalue weighted by Gasteiger charge is -2.38. The zero-order valence-corrected chi connectivity index (χ0v) is 12.0. The monoisotopic (exact) mass is 326 g/mol. The van der Waals surface area contributed by atoms with E-state index in [4.69, 9.17) is 4.74 Å². The van der Waals surface area contributed by atoms with Crippen molar-refractivity contribution in [1.82, 2.24) is 0 Å². The van der Waals surface area contributed by atoms with Crippen molar-refractivity contribution >= 4 is 12.0 Å². The van der Waals surface area contributed by atoms with Gasteiger partial charge in [0.25, 0.3) is 0 Å². The summed E-state index contributed by atoms with van der Waals surface area (Å²) in [6.45, 7) is 0. The quantitative estimate of drug-likeness (QED) is 0.183. The van der Waals surface area contributed by atoms with Crippen LogP contribution in [0.1, 0.15) is 18.4 Å². The molecule has 1 aliphatic carbocycles. The van der Waals surface area contributed by atoms with Crippen LogP contribution >= 0.6 is 0 Å². The van der Waals surface area contributed by atoms with Gasteiger partial charge in [0, 0.05) is 18.9 Å². The van der Waals surface area contributed by atoms with Crippen LogP contribution in [-0.4, -0.2) is 60.7 Å². The van der Waals surface area contributed by atoms with Gasteiger partial charge in [-0.25, -0.2) is 4.79 Å². The molecule has 0 aromatic heterocycles. The summed E-state index contributed by atoms with van der Waals surface area (Å²) in [4.78, 5) is 11.7. The Hall–Kier alpha value is -2.13. The third kappa shape index (κ3) is 4.42. The molecule has 8 heteroatoms. The summed E-state index contributed by atoms with van der Waals surface area (Å²) in [6.07, 6.45) is -2.66. The largest absolute Gasteiger partial charge is 0.504 e. The number of aliphatic hydroxyl groups is 4. The fourth-order valence-corrected chi connectivity index (χ4v) is 2.34. The highest BCUT2D eigenvalue weighted by Crippen LogP contribution is 2.29. The van der Waals surface area contributed by atoms with E-state index in [0.29, 0.717) is 5.56 Å². The van der Waals surface area contributed by atoms with Gasteiger partial charge in [0.15, 0.2) is 17.3 Å². The third-order valence-corrected chi connectivity index (χ3v) is 3.52. The maximum absolute atomic E-state index is 11.7. The first-order chi connectivity index (χ1) is 10.7. The molecule has 2 rings (SSSR count). The molecule has 23 heavy (non-hydrogen) atoms. The first-order valence-corrected chi connectivity index (χ1v) is 6.89. The zero-order chi connectivity index (χ0) is 17.2. The number of phenolic OH excluding ortho intramolecular Hbond substituents is 2. The second-order valence-corrected chi connectivity index (χ2v) is 5.51. The van der Waals surface area contributed by atoms with Gasteiger partial charge in [-0.3, -0.25) is 0 Å². The summed E-state index contributed by atoms with van der Waals surface area (Å²) >= 11 is 0. The summed E-state index contributed by atoms with van der Waals surface area (Å²) < 4.78 is 4.92. The van der Waals surface area contributed by atoms with E-state index in [1.165, 1.54) is 24.3 Å². The molecule has 8 nitrogen and oxygen atoms in total. The van der Waals surface area contributed by atoms with Gasteiger partial charge in [0.1, 0.15) is 12.2 Å². The standard InChI is InChI=1S/C15H18O8/c16-9-3-1-8(5-10(9)17)2-4-13(19)23-12-7-15(21,22)6-11(18)14(12)20/h1-5,11-12,14,16-18,20-22H,6-7H2/t11?,12?,14-/m1/s1. The highest BCUT2D eigenvalue weighted by atomic mass is 16.6. The van der Waals surface area contributed by atoms with E-state index < -0.39 is 42.9 Å². The number of carbonyl (C=O) groups excluding carboxylic acids is 1. The smallest absolute Gasteiger partial charge is 0.331 e. The van der Waals surface area contributed by atoms with Crippen LogP contribution < -0.4 is 0 Å².